The minimum atomic E-state index is -0.238. The standard InChI is InChI=1S/C21H29NO2/c1-15(2)20(23)13-14-22-16(3)17-9-11-18(12-10-17)19-7-5-6-8-21(19)24-4/h5-12,15-16,20,22-23H,13-14H2,1-4H3. The van der Waals surface area contributed by atoms with E-state index < -0.39 is 0 Å². The molecule has 0 saturated heterocycles. The Bertz CT molecular complexity index is 622. The molecule has 0 bridgehead atoms. The Morgan fingerprint density at radius 3 is 2.29 bits per heavy atom. The maximum atomic E-state index is 9.87. The number of hydrogen-bond acceptors (Lipinski definition) is 3. The molecule has 3 nitrogen and oxygen atoms in total. The molecule has 0 aliphatic rings. The highest BCUT2D eigenvalue weighted by Crippen LogP contribution is 2.30. The van der Waals surface area contributed by atoms with Crippen LogP contribution in [0.3, 0.4) is 0 Å². The second-order valence-electron chi connectivity index (χ2n) is 6.60. The Kier molecular flexibility index (Phi) is 6.83. The molecule has 0 aliphatic carbocycles. The van der Waals surface area contributed by atoms with Gasteiger partial charge in [-0.15, -0.1) is 0 Å². The van der Waals surface area contributed by atoms with Crippen LogP contribution in [-0.2, 0) is 0 Å². The van der Waals surface area contributed by atoms with Gasteiger partial charge in [-0.05, 0) is 43.0 Å². The van der Waals surface area contributed by atoms with Crippen molar-refractivity contribution in [1.29, 1.82) is 0 Å². The van der Waals surface area contributed by atoms with Crippen LogP contribution < -0.4 is 10.1 Å². The zero-order valence-corrected chi connectivity index (χ0v) is 15.1. The molecule has 2 aromatic carbocycles. The lowest BCUT2D eigenvalue weighted by molar-refractivity contribution is 0.115. The van der Waals surface area contributed by atoms with Crippen LogP contribution in [-0.4, -0.2) is 24.9 Å². The maximum absolute atomic E-state index is 9.87. The zero-order chi connectivity index (χ0) is 17.5. The molecule has 0 heterocycles. The largest absolute Gasteiger partial charge is 0.496 e. The van der Waals surface area contributed by atoms with Crippen LogP contribution in [0.25, 0.3) is 11.1 Å². The Morgan fingerprint density at radius 1 is 1.00 bits per heavy atom. The molecule has 2 unspecified atom stereocenters. The van der Waals surface area contributed by atoms with Gasteiger partial charge in [0.25, 0.3) is 0 Å². The first-order valence-corrected chi connectivity index (χ1v) is 8.67. The molecule has 3 heteroatoms. The van der Waals surface area contributed by atoms with E-state index in [-0.39, 0.29) is 12.1 Å². The second-order valence-corrected chi connectivity index (χ2v) is 6.60. The number of ether oxygens (including phenoxy) is 1. The van der Waals surface area contributed by atoms with Gasteiger partial charge in [-0.1, -0.05) is 56.3 Å². The molecule has 0 aromatic heterocycles. The van der Waals surface area contributed by atoms with Gasteiger partial charge in [0, 0.05) is 11.6 Å². The fourth-order valence-corrected chi connectivity index (χ4v) is 2.73. The molecule has 2 atom stereocenters. The highest BCUT2D eigenvalue weighted by molar-refractivity contribution is 5.70. The Hall–Kier alpha value is -1.84. The van der Waals surface area contributed by atoms with Crippen LogP contribution in [0.5, 0.6) is 5.75 Å². The molecule has 2 aromatic rings. The summed E-state index contributed by atoms with van der Waals surface area (Å²) in [5.74, 6) is 1.20. The van der Waals surface area contributed by atoms with Gasteiger partial charge >= 0.3 is 0 Å². The van der Waals surface area contributed by atoms with Gasteiger partial charge in [0.05, 0.1) is 13.2 Å². The Morgan fingerprint density at radius 2 is 1.67 bits per heavy atom. The molecule has 0 radical (unpaired) electrons. The van der Waals surface area contributed by atoms with E-state index in [0.717, 1.165) is 29.8 Å². The smallest absolute Gasteiger partial charge is 0.126 e. The van der Waals surface area contributed by atoms with Gasteiger partial charge in [-0.2, -0.15) is 0 Å². The summed E-state index contributed by atoms with van der Waals surface area (Å²) in [6.45, 7) is 7.06. The average molecular weight is 327 g/mol. The van der Waals surface area contributed by atoms with Crippen LogP contribution in [0.1, 0.15) is 38.8 Å². The van der Waals surface area contributed by atoms with Crippen LogP contribution in [0.15, 0.2) is 48.5 Å². The van der Waals surface area contributed by atoms with E-state index in [4.69, 9.17) is 4.74 Å². The van der Waals surface area contributed by atoms with E-state index in [2.05, 4.69) is 42.6 Å². The average Bonchev–Trinajstić information content (AvgIpc) is 2.61. The SMILES string of the molecule is COc1ccccc1-c1ccc(C(C)NCCC(O)C(C)C)cc1. The summed E-state index contributed by atoms with van der Waals surface area (Å²) < 4.78 is 5.44. The van der Waals surface area contributed by atoms with Gasteiger partial charge in [0.2, 0.25) is 0 Å². The number of para-hydroxylation sites is 1. The molecular weight excluding hydrogens is 298 g/mol. The minimum absolute atomic E-state index is 0.238. The molecule has 0 amide bonds. The summed E-state index contributed by atoms with van der Waals surface area (Å²) in [7, 11) is 1.70. The molecule has 24 heavy (non-hydrogen) atoms. The first-order valence-electron chi connectivity index (χ1n) is 8.67. The normalized spacial score (nSPS) is 13.8. The van der Waals surface area contributed by atoms with Crippen molar-refractivity contribution in [3.05, 3.63) is 54.1 Å². The topological polar surface area (TPSA) is 41.5 Å². The van der Waals surface area contributed by atoms with E-state index in [0.29, 0.717) is 5.92 Å². The minimum Gasteiger partial charge on any atom is -0.496 e. The van der Waals surface area contributed by atoms with Crippen molar-refractivity contribution >= 4 is 0 Å². The summed E-state index contributed by atoms with van der Waals surface area (Å²) in [6.07, 6.45) is 0.541. The molecule has 2 rings (SSSR count). The zero-order valence-electron chi connectivity index (χ0n) is 15.1. The fourth-order valence-electron chi connectivity index (χ4n) is 2.73. The molecule has 0 aliphatic heterocycles. The van der Waals surface area contributed by atoms with Crippen molar-refractivity contribution in [1.82, 2.24) is 5.32 Å². The molecule has 0 saturated carbocycles. The summed E-state index contributed by atoms with van der Waals surface area (Å²) in [5, 5.41) is 13.4. The third-order valence-electron chi connectivity index (χ3n) is 4.49. The monoisotopic (exact) mass is 327 g/mol. The van der Waals surface area contributed by atoms with Crippen LogP contribution in [0.4, 0.5) is 0 Å². The molecule has 0 spiro atoms. The fraction of sp³-hybridized carbons (Fsp3) is 0.429. The van der Waals surface area contributed by atoms with Crippen LogP contribution in [0, 0.1) is 5.92 Å². The van der Waals surface area contributed by atoms with E-state index in [1.54, 1.807) is 7.11 Å². The molecular formula is C21H29NO2. The Labute approximate surface area is 145 Å². The third kappa shape index (κ3) is 4.83. The van der Waals surface area contributed by atoms with Gasteiger partial charge in [-0.3, -0.25) is 0 Å². The molecule has 2 N–H and O–H groups in total. The van der Waals surface area contributed by atoms with E-state index in [1.807, 2.05) is 32.0 Å². The lowest BCUT2D eigenvalue weighted by atomic mass is 10.00. The summed E-state index contributed by atoms with van der Waals surface area (Å²) in [5.41, 5.74) is 3.50. The molecule has 130 valence electrons. The van der Waals surface area contributed by atoms with E-state index >= 15 is 0 Å². The summed E-state index contributed by atoms with van der Waals surface area (Å²) >= 11 is 0. The van der Waals surface area contributed by atoms with Crippen LogP contribution in [0.2, 0.25) is 0 Å². The van der Waals surface area contributed by atoms with Crippen molar-refractivity contribution in [2.24, 2.45) is 5.92 Å². The Balaban J connectivity index is 1.98. The number of methoxy groups -OCH3 is 1. The number of aliphatic hydroxyl groups is 1. The lowest BCUT2D eigenvalue weighted by Crippen LogP contribution is -2.25. The first kappa shape index (κ1) is 18.5. The van der Waals surface area contributed by atoms with E-state index in [1.165, 1.54) is 5.56 Å². The van der Waals surface area contributed by atoms with Gasteiger partial charge in [0.15, 0.2) is 0 Å². The van der Waals surface area contributed by atoms with Gasteiger partial charge in [0.1, 0.15) is 5.75 Å². The van der Waals surface area contributed by atoms with Crippen molar-refractivity contribution < 1.29 is 9.84 Å². The van der Waals surface area contributed by atoms with Gasteiger partial charge < -0.3 is 15.2 Å². The van der Waals surface area contributed by atoms with Crippen molar-refractivity contribution in [2.45, 2.75) is 39.3 Å². The molecule has 0 fully saturated rings. The van der Waals surface area contributed by atoms with Crippen molar-refractivity contribution in [3.63, 3.8) is 0 Å². The number of aliphatic hydroxyl groups excluding tert-OH is 1. The van der Waals surface area contributed by atoms with Gasteiger partial charge in [-0.25, -0.2) is 0 Å². The van der Waals surface area contributed by atoms with Crippen molar-refractivity contribution in [2.75, 3.05) is 13.7 Å². The first-order chi connectivity index (χ1) is 11.5. The highest BCUT2D eigenvalue weighted by atomic mass is 16.5. The number of hydrogen-bond donors (Lipinski definition) is 2. The van der Waals surface area contributed by atoms with Crippen LogP contribution >= 0.6 is 0 Å². The predicted molar refractivity (Wildman–Crippen MR) is 100 cm³/mol. The summed E-state index contributed by atoms with van der Waals surface area (Å²) in [4.78, 5) is 0. The number of rotatable bonds is 8. The lowest BCUT2D eigenvalue weighted by Gasteiger charge is -2.18. The quantitative estimate of drug-likeness (QED) is 0.754. The van der Waals surface area contributed by atoms with E-state index in [9.17, 15) is 5.11 Å². The maximum Gasteiger partial charge on any atom is 0.126 e. The summed E-state index contributed by atoms with van der Waals surface area (Å²) in [6, 6.07) is 16.9. The third-order valence-corrected chi connectivity index (χ3v) is 4.49. The number of nitrogens with one attached hydrogen (secondary N) is 1. The number of benzene rings is 2. The second kappa shape index (κ2) is 8.86. The predicted octanol–water partition coefficient (Wildman–Crippen LogP) is 4.42. The highest BCUT2D eigenvalue weighted by Gasteiger charge is 2.11. The van der Waals surface area contributed by atoms with Crippen molar-refractivity contribution in [3.8, 4) is 16.9 Å².